The van der Waals surface area contributed by atoms with Crippen molar-refractivity contribution in [2.24, 2.45) is 10.2 Å². The van der Waals surface area contributed by atoms with Gasteiger partial charge in [0, 0.05) is 7.05 Å². The summed E-state index contributed by atoms with van der Waals surface area (Å²) >= 11 is 0. The molecule has 3 atom stereocenters. The van der Waals surface area contributed by atoms with E-state index < -0.39 is 24.9 Å². The Balaban J connectivity index is 2.21. The van der Waals surface area contributed by atoms with Gasteiger partial charge in [-0.05, 0) is 24.3 Å². The van der Waals surface area contributed by atoms with Crippen LogP contribution in [0.5, 0.6) is 0 Å². The van der Waals surface area contributed by atoms with Crippen LogP contribution >= 0.6 is 0 Å². The molecule has 0 amide bonds. The van der Waals surface area contributed by atoms with Gasteiger partial charge in [-0.15, -0.1) is 0 Å². The molecule has 0 bridgehead atoms. The fourth-order valence-corrected chi connectivity index (χ4v) is 2.16. The molecule has 0 fully saturated rings. The molecule has 27 heavy (non-hydrogen) atoms. The Kier molecular flexibility index (Phi) is 7.90. The minimum Gasteiger partial charge on any atom is -0.394 e. The van der Waals surface area contributed by atoms with Gasteiger partial charge in [-0.3, -0.25) is 10.4 Å². The maximum absolute atomic E-state index is 10.3. The van der Waals surface area contributed by atoms with Gasteiger partial charge in [-0.2, -0.15) is 10.2 Å². The van der Waals surface area contributed by atoms with E-state index in [1.165, 1.54) is 6.21 Å². The Labute approximate surface area is 157 Å². The molecule has 0 saturated carbocycles. The zero-order valence-corrected chi connectivity index (χ0v) is 14.9. The molecule has 0 aliphatic rings. The molecular formula is C19H24N4O4. The van der Waals surface area contributed by atoms with Crippen molar-refractivity contribution < 1.29 is 20.4 Å². The highest BCUT2D eigenvalue weighted by Crippen LogP contribution is 2.11. The lowest BCUT2D eigenvalue weighted by atomic mass is 10.0. The maximum Gasteiger partial charge on any atom is 0.128 e. The molecule has 144 valence electrons. The molecule has 0 saturated heterocycles. The van der Waals surface area contributed by atoms with E-state index in [1.807, 2.05) is 48.5 Å². The van der Waals surface area contributed by atoms with Crippen molar-refractivity contribution in [3.63, 3.8) is 0 Å². The normalized spacial score (nSPS) is 15.4. The number of benzene rings is 2. The number of hydrogen-bond acceptors (Lipinski definition) is 8. The van der Waals surface area contributed by atoms with Crippen molar-refractivity contribution in [2.75, 3.05) is 24.1 Å². The summed E-state index contributed by atoms with van der Waals surface area (Å²) in [5.74, 6) is 0. The third-order valence-corrected chi connectivity index (χ3v) is 3.79. The topological polar surface area (TPSA) is 121 Å². The summed E-state index contributed by atoms with van der Waals surface area (Å²) in [6, 6.07) is 18.4. The summed E-state index contributed by atoms with van der Waals surface area (Å²) in [4.78, 5) is 0. The highest BCUT2D eigenvalue weighted by atomic mass is 16.4. The number of aliphatic hydroxyl groups excluding tert-OH is 4. The van der Waals surface area contributed by atoms with Crippen molar-refractivity contribution in [2.45, 2.75) is 18.3 Å². The van der Waals surface area contributed by atoms with Crippen LogP contribution in [-0.2, 0) is 0 Å². The van der Waals surface area contributed by atoms with Crippen LogP contribution in [0.4, 0.5) is 11.4 Å². The van der Waals surface area contributed by atoms with Crippen LogP contribution in [-0.4, -0.2) is 64.3 Å². The monoisotopic (exact) mass is 372 g/mol. The first-order valence-corrected chi connectivity index (χ1v) is 8.39. The van der Waals surface area contributed by atoms with E-state index in [-0.39, 0.29) is 5.71 Å². The van der Waals surface area contributed by atoms with Gasteiger partial charge < -0.3 is 20.4 Å². The molecule has 2 aromatic rings. The number of hydrazone groups is 2. The van der Waals surface area contributed by atoms with E-state index in [0.29, 0.717) is 5.69 Å². The van der Waals surface area contributed by atoms with Gasteiger partial charge in [0.25, 0.3) is 0 Å². The van der Waals surface area contributed by atoms with E-state index >= 15 is 0 Å². The molecule has 8 heteroatoms. The second-order valence-electron chi connectivity index (χ2n) is 5.80. The molecule has 0 unspecified atom stereocenters. The Bertz CT molecular complexity index is 740. The molecule has 0 aromatic heterocycles. The Morgan fingerprint density at radius 2 is 1.63 bits per heavy atom. The van der Waals surface area contributed by atoms with Gasteiger partial charge in [0.1, 0.15) is 24.0 Å². The highest BCUT2D eigenvalue weighted by molar-refractivity contribution is 6.33. The van der Waals surface area contributed by atoms with Crippen LogP contribution in [0.25, 0.3) is 0 Å². The van der Waals surface area contributed by atoms with E-state index in [9.17, 15) is 15.3 Å². The highest BCUT2D eigenvalue weighted by Gasteiger charge is 2.28. The van der Waals surface area contributed by atoms with E-state index in [4.69, 9.17) is 5.11 Å². The largest absolute Gasteiger partial charge is 0.394 e. The van der Waals surface area contributed by atoms with Crippen LogP contribution in [0.15, 0.2) is 70.9 Å². The standard InChI is InChI=1S/C19H24N4O4/c1-23(15-10-6-3-7-11-15)20-12-16(18(26)19(27)17(25)13-24)22-21-14-8-4-2-5-9-14/h2-12,17-19,21,24-27H,13H2,1H3/b20-12-,22-16-/t17-,18+,19+/m1/s1. The first-order chi connectivity index (χ1) is 13.0. The summed E-state index contributed by atoms with van der Waals surface area (Å²) in [6.45, 7) is -0.696. The van der Waals surface area contributed by atoms with Crippen molar-refractivity contribution in [1.29, 1.82) is 0 Å². The Morgan fingerprint density at radius 1 is 1.04 bits per heavy atom. The number of rotatable bonds is 9. The third-order valence-electron chi connectivity index (χ3n) is 3.79. The molecule has 2 aromatic carbocycles. The average molecular weight is 372 g/mol. The van der Waals surface area contributed by atoms with Crippen LogP contribution in [0.3, 0.4) is 0 Å². The Morgan fingerprint density at radius 3 is 2.22 bits per heavy atom. The summed E-state index contributed by atoms with van der Waals surface area (Å²) in [7, 11) is 1.72. The molecule has 0 spiro atoms. The van der Waals surface area contributed by atoms with Gasteiger partial charge in [0.15, 0.2) is 0 Å². The van der Waals surface area contributed by atoms with Crippen molar-refractivity contribution in [1.82, 2.24) is 0 Å². The predicted molar refractivity (Wildman–Crippen MR) is 106 cm³/mol. The quantitative estimate of drug-likeness (QED) is 0.326. The fraction of sp³-hybridized carbons (Fsp3) is 0.263. The smallest absolute Gasteiger partial charge is 0.128 e. The predicted octanol–water partition coefficient (Wildman–Crippen LogP) is 0.652. The van der Waals surface area contributed by atoms with Gasteiger partial charge in [-0.1, -0.05) is 36.4 Å². The summed E-state index contributed by atoms with van der Waals surface area (Å²) in [6.07, 6.45) is -3.42. The molecule has 5 N–H and O–H groups in total. The van der Waals surface area contributed by atoms with Crippen molar-refractivity contribution >= 4 is 23.3 Å². The summed E-state index contributed by atoms with van der Waals surface area (Å²) < 4.78 is 0. The second kappa shape index (κ2) is 10.4. The molecule has 8 nitrogen and oxygen atoms in total. The minimum absolute atomic E-state index is 0.0124. The first-order valence-electron chi connectivity index (χ1n) is 8.39. The number of nitrogens with zero attached hydrogens (tertiary/aromatic N) is 3. The SMILES string of the molecule is CN(/N=C\C(=N\Nc1ccccc1)[C@H](O)[C@@H](O)[C@H](O)CO)c1ccccc1. The van der Waals surface area contributed by atoms with Crippen LogP contribution in [0, 0.1) is 0 Å². The lowest BCUT2D eigenvalue weighted by Crippen LogP contribution is -2.44. The molecule has 0 radical (unpaired) electrons. The van der Waals surface area contributed by atoms with Crippen LogP contribution < -0.4 is 10.4 Å². The fourth-order valence-electron chi connectivity index (χ4n) is 2.16. The number of para-hydroxylation sites is 2. The second-order valence-corrected chi connectivity index (χ2v) is 5.80. The molecule has 0 heterocycles. The van der Waals surface area contributed by atoms with Crippen molar-refractivity contribution in [3.8, 4) is 0 Å². The zero-order chi connectivity index (χ0) is 19.6. The molecular weight excluding hydrogens is 348 g/mol. The number of anilines is 2. The number of nitrogens with one attached hydrogen (secondary N) is 1. The minimum atomic E-state index is -1.63. The third kappa shape index (κ3) is 6.15. The lowest BCUT2D eigenvalue weighted by molar-refractivity contribution is -0.0548. The number of aliphatic hydroxyl groups is 4. The summed E-state index contributed by atoms with van der Waals surface area (Å²) in [5.41, 5.74) is 4.24. The molecule has 0 aliphatic carbocycles. The lowest BCUT2D eigenvalue weighted by Gasteiger charge is -2.21. The summed E-state index contributed by atoms with van der Waals surface area (Å²) in [5, 5.41) is 48.8. The van der Waals surface area contributed by atoms with Crippen molar-refractivity contribution in [3.05, 3.63) is 60.7 Å². The molecule has 0 aliphatic heterocycles. The maximum atomic E-state index is 10.3. The van der Waals surface area contributed by atoms with Crippen LogP contribution in [0.1, 0.15) is 0 Å². The van der Waals surface area contributed by atoms with Gasteiger partial charge >= 0.3 is 0 Å². The number of hydrogen-bond donors (Lipinski definition) is 5. The van der Waals surface area contributed by atoms with E-state index in [1.54, 1.807) is 24.2 Å². The zero-order valence-electron chi connectivity index (χ0n) is 14.9. The van der Waals surface area contributed by atoms with Gasteiger partial charge in [0.2, 0.25) is 0 Å². The molecule has 2 rings (SSSR count). The van der Waals surface area contributed by atoms with E-state index in [2.05, 4.69) is 15.6 Å². The van der Waals surface area contributed by atoms with Crippen LogP contribution in [0.2, 0.25) is 0 Å². The van der Waals surface area contributed by atoms with E-state index in [0.717, 1.165) is 5.69 Å². The van der Waals surface area contributed by atoms with Gasteiger partial charge in [0.05, 0.1) is 24.2 Å². The Hall–Kier alpha value is -2.78. The average Bonchev–Trinajstić information content (AvgIpc) is 2.73. The first kappa shape index (κ1) is 20.5. The van der Waals surface area contributed by atoms with Gasteiger partial charge in [-0.25, -0.2) is 0 Å².